The average Bonchev–Trinajstić information content (AvgIpc) is 2.75. The number of amides is 1. The number of piperazine rings is 1. The lowest BCUT2D eigenvalue weighted by molar-refractivity contribution is 0.102. The van der Waals surface area contributed by atoms with E-state index in [1.54, 1.807) is 18.2 Å². The third kappa shape index (κ3) is 4.46. The lowest BCUT2D eigenvalue weighted by atomic mass is 9.98. The number of halogens is 2. The number of nitrogens with zero attached hydrogens (tertiary/aromatic N) is 1. The van der Waals surface area contributed by atoms with Crippen LogP contribution in [0.25, 0.3) is 5.57 Å². The fourth-order valence-electron chi connectivity index (χ4n) is 3.73. The van der Waals surface area contributed by atoms with Gasteiger partial charge >= 0.3 is 0 Å². The number of hydrogen-bond donors (Lipinski definition) is 3. The number of hydrogen-bond acceptors (Lipinski definition) is 4. The summed E-state index contributed by atoms with van der Waals surface area (Å²) in [5, 5.41) is 9.04. The Bertz CT molecular complexity index is 938. The van der Waals surface area contributed by atoms with Gasteiger partial charge in [-0.25, -0.2) is 8.78 Å². The molecule has 29 heavy (non-hydrogen) atoms. The van der Waals surface area contributed by atoms with E-state index in [2.05, 4.69) is 16.0 Å². The van der Waals surface area contributed by atoms with Crippen molar-refractivity contribution in [2.24, 2.45) is 0 Å². The van der Waals surface area contributed by atoms with Gasteiger partial charge in [0.2, 0.25) is 0 Å². The molecule has 3 N–H and O–H groups in total. The van der Waals surface area contributed by atoms with Crippen molar-refractivity contribution in [2.75, 3.05) is 49.5 Å². The summed E-state index contributed by atoms with van der Waals surface area (Å²) in [6.45, 7) is 4.68. The highest BCUT2D eigenvalue weighted by molar-refractivity contribution is 6.04. The highest BCUT2D eigenvalue weighted by Gasteiger charge is 2.17. The molecule has 1 saturated heterocycles. The van der Waals surface area contributed by atoms with Gasteiger partial charge in [-0.1, -0.05) is 12.1 Å². The van der Waals surface area contributed by atoms with Gasteiger partial charge in [-0.2, -0.15) is 0 Å². The molecule has 0 unspecified atom stereocenters. The summed E-state index contributed by atoms with van der Waals surface area (Å²) in [4.78, 5) is 14.5. The van der Waals surface area contributed by atoms with E-state index in [9.17, 15) is 13.6 Å². The average molecular weight is 398 g/mol. The number of anilines is 2. The molecule has 0 radical (unpaired) electrons. The lowest BCUT2D eigenvalue weighted by Crippen LogP contribution is -2.43. The van der Waals surface area contributed by atoms with Crippen molar-refractivity contribution < 1.29 is 13.6 Å². The van der Waals surface area contributed by atoms with E-state index < -0.39 is 17.5 Å². The number of rotatable bonds is 4. The Hall–Kier alpha value is -2.77. The van der Waals surface area contributed by atoms with Gasteiger partial charge in [0.15, 0.2) is 0 Å². The fraction of sp³-hybridized carbons (Fsp3) is 0.318. The third-order valence-electron chi connectivity index (χ3n) is 5.31. The second-order valence-corrected chi connectivity index (χ2v) is 7.24. The standard InChI is InChI=1S/C22H24F2N4O/c23-19-13-16(15-5-7-25-8-6-15)1-3-18(19)22(29)27-17-2-4-21(20(24)14-17)28-11-9-26-10-12-28/h1-5,13-14,25-26H,6-12H2,(H,27,29). The Kier molecular flexibility index (Phi) is 5.87. The van der Waals surface area contributed by atoms with Crippen molar-refractivity contribution in [3.8, 4) is 0 Å². The molecule has 1 fully saturated rings. The lowest BCUT2D eigenvalue weighted by Gasteiger charge is -2.29. The summed E-state index contributed by atoms with van der Waals surface area (Å²) < 4.78 is 29.1. The number of nitrogens with one attached hydrogen (secondary N) is 3. The van der Waals surface area contributed by atoms with Crippen molar-refractivity contribution in [3.05, 3.63) is 65.2 Å². The highest BCUT2D eigenvalue weighted by Crippen LogP contribution is 2.25. The Morgan fingerprint density at radius 3 is 2.48 bits per heavy atom. The van der Waals surface area contributed by atoms with Crippen LogP contribution in [0, 0.1) is 11.6 Å². The molecule has 1 amide bonds. The van der Waals surface area contributed by atoms with E-state index in [1.165, 1.54) is 18.2 Å². The molecular weight excluding hydrogens is 374 g/mol. The van der Waals surface area contributed by atoms with Crippen LogP contribution < -0.4 is 20.9 Å². The summed E-state index contributed by atoms with van der Waals surface area (Å²) in [6, 6.07) is 9.20. The van der Waals surface area contributed by atoms with Gasteiger partial charge < -0.3 is 20.9 Å². The van der Waals surface area contributed by atoms with E-state index in [4.69, 9.17) is 0 Å². The molecule has 0 bridgehead atoms. The maximum Gasteiger partial charge on any atom is 0.258 e. The van der Waals surface area contributed by atoms with E-state index in [-0.39, 0.29) is 5.56 Å². The molecule has 0 spiro atoms. The van der Waals surface area contributed by atoms with Crippen LogP contribution >= 0.6 is 0 Å². The number of benzene rings is 2. The van der Waals surface area contributed by atoms with Crippen LogP contribution in [0.5, 0.6) is 0 Å². The highest BCUT2D eigenvalue weighted by atomic mass is 19.1. The molecule has 5 nitrogen and oxygen atoms in total. The van der Waals surface area contributed by atoms with E-state index in [0.29, 0.717) is 11.4 Å². The molecule has 0 atom stereocenters. The maximum absolute atomic E-state index is 14.6. The zero-order valence-electron chi connectivity index (χ0n) is 16.1. The van der Waals surface area contributed by atoms with Crippen molar-refractivity contribution >= 4 is 22.9 Å². The van der Waals surface area contributed by atoms with Crippen LogP contribution in [-0.2, 0) is 0 Å². The Labute approximate surface area is 168 Å². The topological polar surface area (TPSA) is 56.4 Å². The maximum atomic E-state index is 14.6. The predicted molar refractivity (Wildman–Crippen MR) is 111 cm³/mol. The molecule has 2 aromatic rings. The minimum atomic E-state index is -0.595. The van der Waals surface area contributed by atoms with Crippen LogP contribution in [0.15, 0.2) is 42.5 Å². The van der Waals surface area contributed by atoms with Crippen molar-refractivity contribution in [1.82, 2.24) is 10.6 Å². The zero-order valence-corrected chi connectivity index (χ0v) is 16.1. The Morgan fingerprint density at radius 2 is 1.79 bits per heavy atom. The summed E-state index contributed by atoms with van der Waals surface area (Å²) >= 11 is 0. The monoisotopic (exact) mass is 398 g/mol. The van der Waals surface area contributed by atoms with E-state index in [1.807, 2.05) is 11.0 Å². The van der Waals surface area contributed by atoms with Gasteiger partial charge in [0.05, 0.1) is 11.3 Å². The summed E-state index contributed by atoms with van der Waals surface area (Å²) in [7, 11) is 0. The van der Waals surface area contributed by atoms with Crippen LogP contribution in [0.2, 0.25) is 0 Å². The van der Waals surface area contributed by atoms with Crippen LogP contribution in [0.1, 0.15) is 22.3 Å². The van der Waals surface area contributed by atoms with Crippen molar-refractivity contribution in [3.63, 3.8) is 0 Å². The molecule has 7 heteroatoms. The van der Waals surface area contributed by atoms with Gasteiger partial charge in [-0.3, -0.25) is 4.79 Å². The Morgan fingerprint density at radius 1 is 0.966 bits per heavy atom. The normalized spacial score (nSPS) is 17.0. The SMILES string of the molecule is O=C(Nc1ccc(N2CCNCC2)c(F)c1)c1ccc(C2=CCNCC2)cc1F. The summed E-state index contributed by atoms with van der Waals surface area (Å²) in [6.07, 6.45) is 2.85. The molecule has 0 saturated carbocycles. The fourth-order valence-corrected chi connectivity index (χ4v) is 3.73. The summed E-state index contributed by atoms with van der Waals surface area (Å²) in [5.41, 5.74) is 2.60. The number of carbonyl (C=O) groups excluding carboxylic acids is 1. The molecular formula is C22H24F2N4O. The predicted octanol–water partition coefficient (Wildman–Crippen LogP) is 3.00. The third-order valence-corrected chi connectivity index (χ3v) is 5.31. The van der Waals surface area contributed by atoms with Crippen LogP contribution in [0.4, 0.5) is 20.2 Å². The van der Waals surface area contributed by atoms with Gasteiger partial charge in [0.1, 0.15) is 11.6 Å². The first-order valence-electron chi connectivity index (χ1n) is 9.88. The van der Waals surface area contributed by atoms with Crippen LogP contribution in [0.3, 0.4) is 0 Å². The molecule has 2 heterocycles. The minimum Gasteiger partial charge on any atom is -0.367 e. The Balaban J connectivity index is 1.47. The number of carbonyl (C=O) groups is 1. The quantitative estimate of drug-likeness (QED) is 0.741. The molecule has 2 aliphatic heterocycles. The van der Waals surface area contributed by atoms with Crippen molar-refractivity contribution in [2.45, 2.75) is 6.42 Å². The largest absolute Gasteiger partial charge is 0.367 e. The van der Waals surface area contributed by atoms with Gasteiger partial charge in [0.25, 0.3) is 5.91 Å². The van der Waals surface area contributed by atoms with E-state index in [0.717, 1.165) is 56.8 Å². The minimum absolute atomic E-state index is 0.0603. The first-order chi connectivity index (χ1) is 14.1. The second-order valence-electron chi connectivity index (χ2n) is 7.24. The first kappa shape index (κ1) is 19.5. The van der Waals surface area contributed by atoms with Gasteiger partial charge in [-0.05, 0) is 54.4 Å². The summed E-state index contributed by atoms with van der Waals surface area (Å²) in [5.74, 6) is -1.58. The van der Waals surface area contributed by atoms with Crippen LogP contribution in [-0.4, -0.2) is 45.2 Å². The second kappa shape index (κ2) is 8.71. The molecule has 0 aliphatic carbocycles. The molecule has 4 rings (SSSR count). The van der Waals surface area contributed by atoms with Gasteiger partial charge in [-0.15, -0.1) is 0 Å². The molecule has 0 aromatic heterocycles. The molecule has 2 aliphatic rings. The first-order valence-corrected chi connectivity index (χ1v) is 9.88. The molecule has 2 aromatic carbocycles. The zero-order chi connectivity index (χ0) is 20.2. The van der Waals surface area contributed by atoms with E-state index >= 15 is 0 Å². The van der Waals surface area contributed by atoms with Gasteiger partial charge in [0, 0.05) is 38.4 Å². The van der Waals surface area contributed by atoms with Crippen molar-refractivity contribution in [1.29, 1.82) is 0 Å². The molecule has 152 valence electrons. The smallest absolute Gasteiger partial charge is 0.258 e.